The van der Waals surface area contributed by atoms with Gasteiger partial charge < -0.3 is 5.11 Å². The Morgan fingerprint density at radius 1 is 1.57 bits per heavy atom. The molecule has 14 heavy (non-hydrogen) atoms. The van der Waals surface area contributed by atoms with Crippen molar-refractivity contribution in [2.45, 2.75) is 25.7 Å². The van der Waals surface area contributed by atoms with Gasteiger partial charge in [0, 0.05) is 22.3 Å². The molecule has 0 amide bonds. The third-order valence-electron chi connectivity index (χ3n) is 2.08. The van der Waals surface area contributed by atoms with Crippen LogP contribution in [-0.4, -0.2) is 16.1 Å². The molecule has 4 heteroatoms. The van der Waals surface area contributed by atoms with Crippen LogP contribution < -0.4 is 0 Å². The number of hydrogen-bond donors (Lipinski definition) is 1. The van der Waals surface area contributed by atoms with Crippen molar-refractivity contribution < 1.29 is 9.90 Å². The SMILES string of the molecule is CC(C)(CC(=O)O)c1cncc(Br)c1. The van der Waals surface area contributed by atoms with Gasteiger partial charge in [0.1, 0.15) is 0 Å². The Kier molecular flexibility index (Phi) is 3.26. The maximum Gasteiger partial charge on any atom is 0.304 e. The van der Waals surface area contributed by atoms with Gasteiger partial charge in [-0.3, -0.25) is 9.78 Å². The highest BCUT2D eigenvalue weighted by Gasteiger charge is 2.24. The van der Waals surface area contributed by atoms with Crippen LogP contribution in [0, 0.1) is 0 Å². The molecule has 0 aliphatic carbocycles. The number of aromatic nitrogens is 1. The molecule has 0 saturated heterocycles. The van der Waals surface area contributed by atoms with Crippen LogP contribution in [0.3, 0.4) is 0 Å². The van der Waals surface area contributed by atoms with E-state index in [0.29, 0.717) is 0 Å². The topological polar surface area (TPSA) is 50.2 Å². The quantitative estimate of drug-likeness (QED) is 0.906. The molecule has 1 heterocycles. The maximum atomic E-state index is 10.6. The fourth-order valence-electron chi connectivity index (χ4n) is 1.26. The molecule has 1 aromatic heterocycles. The predicted molar refractivity (Wildman–Crippen MR) is 57.2 cm³/mol. The summed E-state index contributed by atoms with van der Waals surface area (Å²) in [6.07, 6.45) is 3.49. The third-order valence-corrected chi connectivity index (χ3v) is 2.51. The smallest absolute Gasteiger partial charge is 0.304 e. The summed E-state index contributed by atoms with van der Waals surface area (Å²) in [4.78, 5) is 14.7. The van der Waals surface area contributed by atoms with Gasteiger partial charge in [0.05, 0.1) is 6.42 Å². The Hall–Kier alpha value is -0.900. The van der Waals surface area contributed by atoms with Crippen molar-refractivity contribution in [1.82, 2.24) is 4.98 Å². The lowest BCUT2D eigenvalue weighted by molar-refractivity contribution is -0.138. The summed E-state index contributed by atoms with van der Waals surface area (Å²) in [6.45, 7) is 3.79. The largest absolute Gasteiger partial charge is 0.481 e. The Bertz CT molecular complexity index is 350. The number of carbonyl (C=O) groups is 1. The van der Waals surface area contributed by atoms with Gasteiger partial charge in [-0.25, -0.2) is 0 Å². The highest BCUT2D eigenvalue weighted by atomic mass is 79.9. The number of carboxylic acid groups (broad SMARTS) is 1. The number of halogens is 1. The first-order valence-corrected chi connectivity index (χ1v) is 5.04. The average molecular weight is 258 g/mol. The highest BCUT2D eigenvalue weighted by Crippen LogP contribution is 2.27. The fourth-order valence-corrected chi connectivity index (χ4v) is 1.63. The number of rotatable bonds is 3. The van der Waals surface area contributed by atoms with Gasteiger partial charge in [0.25, 0.3) is 0 Å². The van der Waals surface area contributed by atoms with Crippen molar-refractivity contribution in [3.8, 4) is 0 Å². The number of pyridine rings is 1. The molecular weight excluding hydrogens is 246 g/mol. The molecule has 1 N–H and O–H groups in total. The Labute approximate surface area is 91.3 Å². The van der Waals surface area contributed by atoms with E-state index in [2.05, 4.69) is 20.9 Å². The summed E-state index contributed by atoms with van der Waals surface area (Å²) in [5, 5.41) is 8.75. The first-order valence-electron chi connectivity index (χ1n) is 4.24. The number of aliphatic carboxylic acids is 1. The predicted octanol–water partition coefficient (Wildman–Crippen LogP) is 2.60. The van der Waals surface area contributed by atoms with Gasteiger partial charge in [-0.2, -0.15) is 0 Å². The lowest BCUT2D eigenvalue weighted by Crippen LogP contribution is -2.21. The molecule has 0 spiro atoms. The first-order chi connectivity index (χ1) is 6.42. The monoisotopic (exact) mass is 257 g/mol. The molecule has 0 bridgehead atoms. The van der Waals surface area contributed by atoms with Crippen LogP contribution in [0.4, 0.5) is 0 Å². The van der Waals surface area contributed by atoms with Crippen LogP contribution >= 0.6 is 15.9 Å². The van der Waals surface area contributed by atoms with E-state index in [9.17, 15) is 4.79 Å². The minimum absolute atomic E-state index is 0.102. The molecule has 0 unspecified atom stereocenters. The van der Waals surface area contributed by atoms with Crippen LogP contribution in [0.1, 0.15) is 25.8 Å². The van der Waals surface area contributed by atoms with E-state index < -0.39 is 5.97 Å². The van der Waals surface area contributed by atoms with Gasteiger partial charge in [0.15, 0.2) is 0 Å². The molecule has 0 aliphatic heterocycles. The second kappa shape index (κ2) is 4.09. The lowest BCUT2D eigenvalue weighted by Gasteiger charge is -2.22. The maximum absolute atomic E-state index is 10.6. The van der Waals surface area contributed by atoms with Crippen molar-refractivity contribution >= 4 is 21.9 Å². The summed E-state index contributed by atoms with van der Waals surface area (Å²) in [5.74, 6) is -0.796. The standard InChI is InChI=1S/C10H12BrNO2/c1-10(2,4-9(13)14)7-3-8(11)6-12-5-7/h3,5-6H,4H2,1-2H3,(H,13,14). The molecule has 0 fully saturated rings. The van der Waals surface area contributed by atoms with Crippen molar-refractivity contribution in [2.75, 3.05) is 0 Å². The van der Waals surface area contributed by atoms with Crippen molar-refractivity contribution in [3.05, 3.63) is 28.5 Å². The minimum Gasteiger partial charge on any atom is -0.481 e. The third kappa shape index (κ3) is 2.80. The number of hydrogen-bond acceptors (Lipinski definition) is 2. The van der Waals surface area contributed by atoms with Crippen molar-refractivity contribution in [2.24, 2.45) is 0 Å². The van der Waals surface area contributed by atoms with Crippen LogP contribution in [0.2, 0.25) is 0 Å². The van der Waals surface area contributed by atoms with Crippen LogP contribution in [0.5, 0.6) is 0 Å². The van der Waals surface area contributed by atoms with E-state index in [4.69, 9.17) is 5.11 Å². The van der Waals surface area contributed by atoms with Gasteiger partial charge in [-0.1, -0.05) is 13.8 Å². The zero-order valence-electron chi connectivity index (χ0n) is 8.12. The molecule has 0 radical (unpaired) electrons. The molecule has 76 valence electrons. The van der Waals surface area contributed by atoms with Gasteiger partial charge in [-0.05, 0) is 27.6 Å². The number of nitrogens with zero attached hydrogens (tertiary/aromatic N) is 1. The van der Waals surface area contributed by atoms with Crippen LogP contribution in [0.15, 0.2) is 22.9 Å². The van der Waals surface area contributed by atoms with E-state index in [1.165, 1.54) is 0 Å². The molecule has 0 aliphatic rings. The lowest BCUT2D eigenvalue weighted by atomic mass is 9.82. The first kappa shape index (κ1) is 11.2. The Morgan fingerprint density at radius 2 is 2.21 bits per heavy atom. The average Bonchev–Trinajstić information content (AvgIpc) is 2.01. The Balaban J connectivity index is 2.97. The van der Waals surface area contributed by atoms with Crippen molar-refractivity contribution in [1.29, 1.82) is 0 Å². The van der Waals surface area contributed by atoms with Gasteiger partial charge in [-0.15, -0.1) is 0 Å². The van der Waals surface area contributed by atoms with Gasteiger partial charge in [0.2, 0.25) is 0 Å². The van der Waals surface area contributed by atoms with Gasteiger partial charge >= 0.3 is 5.97 Å². The molecular formula is C10H12BrNO2. The molecule has 0 atom stereocenters. The molecule has 1 aromatic rings. The van der Waals surface area contributed by atoms with E-state index in [0.717, 1.165) is 10.0 Å². The normalized spacial score (nSPS) is 11.4. The zero-order valence-corrected chi connectivity index (χ0v) is 9.71. The molecule has 0 saturated carbocycles. The second-order valence-electron chi connectivity index (χ2n) is 3.85. The van der Waals surface area contributed by atoms with E-state index >= 15 is 0 Å². The minimum atomic E-state index is -0.796. The molecule has 1 rings (SSSR count). The highest BCUT2D eigenvalue weighted by molar-refractivity contribution is 9.10. The van der Waals surface area contributed by atoms with Crippen LogP contribution in [-0.2, 0) is 10.2 Å². The van der Waals surface area contributed by atoms with Crippen molar-refractivity contribution in [3.63, 3.8) is 0 Å². The van der Waals surface area contributed by atoms with E-state index in [-0.39, 0.29) is 11.8 Å². The Morgan fingerprint density at radius 3 is 2.71 bits per heavy atom. The zero-order chi connectivity index (χ0) is 10.8. The summed E-state index contributed by atoms with van der Waals surface area (Å²) < 4.78 is 0.869. The number of carboxylic acids is 1. The molecule has 3 nitrogen and oxygen atoms in total. The fraction of sp³-hybridized carbons (Fsp3) is 0.400. The van der Waals surface area contributed by atoms with Crippen LogP contribution in [0.25, 0.3) is 0 Å². The summed E-state index contributed by atoms with van der Waals surface area (Å²) in [7, 11) is 0. The summed E-state index contributed by atoms with van der Waals surface area (Å²) in [6, 6.07) is 1.90. The van der Waals surface area contributed by atoms with E-state index in [1.807, 2.05) is 19.9 Å². The summed E-state index contributed by atoms with van der Waals surface area (Å²) in [5.41, 5.74) is 0.539. The molecule has 0 aromatic carbocycles. The summed E-state index contributed by atoms with van der Waals surface area (Å²) >= 11 is 3.31. The second-order valence-corrected chi connectivity index (χ2v) is 4.76. The van der Waals surface area contributed by atoms with E-state index in [1.54, 1.807) is 12.4 Å².